The Morgan fingerprint density at radius 3 is 2.45 bits per heavy atom. The average molecular weight is 270 g/mol. The topological polar surface area (TPSA) is 38.5 Å². The minimum absolute atomic E-state index is 0.335. The predicted octanol–water partition coefficient (Wildman–Crippen LogP) is 3.47. The number of nitrogens with zero attached hydrogens (tertiary/aromatic N) is 1. The van der Waals surface area contributed by atoms with E-state index in [1.54, 1.807) is 7.11 Å². The van der Waals surface area contributed by atoms with E-state index in [1.807, 2.05) is 30.3 Å². The van der Waals surface area contributed by atoms with Crippen LogP contribution in [0.1, 0.15) is 24.1 Å². The number of methoxy groups -OCH3 is 1. The zero-order chi connectivity index (χ0) is 14.5. The fourth-order valence-electron chi connectivity index (χ4n) is 2.25. The van der Waals surface area contributed by atoms with Crippen LogP contribution in [0.2, 0.25) is 0 Å². The molecule has 1 atom stereocenters. The maximum absolute atomic E-state index is 5.82. The summed E-state index contributed by atoms with van der Waals surface area (Å²) < 4.78 is 5.19. The fourth-order valence-corrected chi connectivity index (χ4v) is 2.25. The first kappa shape index (κ1) is 14.4. The molecule has 2 rings (SSSR count). The maximum Gasteiger partial charge on any atom is 0.118 e. The van der Waals surface area contributed by atoms with Gasteiger partial charge in [0.05, 0.1) is 7.11 Å². The smallest absolute Gasteiger partial charge is 0.118 e. The van der Waals surface area contributed by atoms with Crippen molar-refractivity contribution >= 4 is 5.69 Å². The summed E-state index contributed by atoms with van der Waals surface area (Å²) in [6, 6.07) is 16.6. The van der Waals surface area contributed by atoms with Crippen LogP contribution in [0.4, 0.5) is 5.69 Å². The highest BCUT2D eigenvalue weighted by atomic mass is 16.5. The molecule has 0 saturated carbocycles. The molecule has 3 nitrogen and oxygen atoms in total. The second-order valence-electron chi connectivity index (χ2n) is 5.11. The summed E-state index contributed by atoms with van der Waals surface area (Å²) in [4.78, 5) is 2.30. The molecule has 20 heavy (non-hydrogen) atoms. The Bertz CT molecular complexity index is 551. The molecular weight excluding hydrogens is 248 g/mol. The minimum atomic E-state index is 0.335. The van der Waals surface area contributed by atoms with E-state index in [9.17, 15) is 0 Å². The van der Waals surface area contributed by atoms with Gasteiger partial charge in [-0.25, -0.2) is 0 Å². The van der Waals surface area contributed by atoms with Gasteiger partial charge in [0, 0.05) is 18.3 Å². The molecule has 0 saturated heterocycles. The Morgan fingerprint density at radius 2 is 1.85 bits per heavy atom. The van der Waals surface area contributed by atoms with Gasteiger partial charge in [0.1, 0.15) is 5.75 Å². The summed E-state index contributed by atoms with van der Waals surface area (Å²) in [6.07, 6.45) is 0. The first-order valence-electron chi connectivity index (χ1n) is 6.79. The van der Waals surface area contributed by atoms with E-state index in [0.717, 1.165) is 18.0 Å². The van der Waals surface area contributed by atoms with Crippen LogP contribution >= 0.6 is 0 Å². The summed E-state index contributed by atoms with van der Waals surface area (Å²) in [7, 11) is 3.81. The van der Waals surface area contributed by atoms with Crippen molar-refractivity contribution < 1.29 is 4.74 Å². The van der Waals surface area contributed by atoms with E-state index in [2.05, 4.69) is 37.1 Å². The van der Waals surface area contributed by atoms with E-state index < -0.39 is 0 Å². The molecule has 2 N–H and O–H groups in total. The van der Waals surface area contributed by atoms with Crippen molar-refractivity contribution in [1.82, 2.24) is 4.90 Å². The molecule has 2 aromatic carbocycles. The number of nitrogens with two attached hydrogens (primary N) is 1. The second-order valence-corrected chi connectivity index (χ2v) is 5.11. The van der Waals surface area contributed by atoms with Crippen LogP contribution in [0, 0.1) is 0 Å². The molecule has 0 spiro atoms. The molecule has 0 bridgehead atoms. The summed E-state index contributed by atoms with van der Waals surface area (Å²) in [5.74, 6) is 0.888. The zero-order valence-electron chi connectivity index (χ0n) is 12.3. The quantitative estimate of drug-likeness (QED) is 0.845. The molecule has 0 aliphatic rings. The maximum atomic E-state index is 5.82. The third-order valence-electron chi connectivity index (χ3n) is 3.64. The predicted molar refractivity (Wildman–Crippen MR) is 83.7 cm³/mol. The van der Waals surface area contributed by atoms with Crippen LogP contribution in [0.25, 0.3) is 0 Å². The molecule has 0 aromatic heterocycles. The van der Waals surface area contributed by atoms with E-state index in [0.29, 0.717) is 6.04 Å². The van der Waals surface area contributed by atoms with Crippen molar-refractivity contribution in [3.8, 4) is 5.75 Å². The highest BCUT2D eigenvalue weighted by molar-refractivity contribution is 5.40. The third-order valence-corrected chi connectivity index (χ3v) is 3.64. The van der Waals surface area contributed by atoms with Gasteiger partial charge < -0.3 is 10.5 Å². The standard InChI is InChI=1S/C17H22N2O/c1-13(15-7-9-17(20-3)10-8-15)19(2)12-14-5-4-6-16(18)11-14/h4-11,13H,12,18H2,1-3H3. The molecule has 0 aliphatic carbocycles. The Hall–Kier alpha value is -2.00. The van der Waals surface area contributed by atoms with Crippen molar-refractivity contribution in [3.05, 3.63) is 59.7 Å². The molecular formula is C17H22N2O. The lowest BCUT2D eigenvalue weighted by atomic mass is 10.1. The minimum Gasteiger partial charge on any atom is -0.497 e. The van der Waals surface area contributed by atoms with Crippen LogP contribution in [-0.4, -0.2) is 19.1 Å². The monoisotopic (exact) mass is 270 g/mol. The molecule has 0 aliphatic heterocycles. The Kier molecular flexibility index (Phi) is 4.64. The van der Waals surface area contributed by atoms with Crippen LogP contribution in [0.15, 0.2) is 48.5 Å². The number of benzene rings is 2. The molecule has 0 heterocycles. The van der Waals surface area contributed by atoms with Crippen molar-refractivity contribution in [1.29, 1.82) is 0 Å². The lowest BCUT2D eigenvalue weighted by Gasteiger charge is -2.25. The lowest BCUT2D eigenvalue weighted by molar-refractivity contribution is 0.253. The van der Waals surface area contributed by atoms with Crippen molar-refractivity contribution in [2.24, 2.45) is 0 Å². The number of nitrogen functional groups attached to an aromatic ring is 1. The first-order valence-corrected chi connectivity index (χ1v) is 6.79. The van der Waals surface area contributed by atoms with Gasteiger partial charge in [-0.15, -0.1) is 0 Å². The third kappa shape index (κ3) is 3.52. The summed E-state index contributed by atoms with van der Waals surface area (Å²) >= 11 is 0. The van der Waals surface area contributed by atoms with Gasteiger partial charge in [0.15, 0.2) is 0 Å². The number of rotatable bonds is 5. The number of hydrogen-bond donors (Lipinski definition) is 1. The van der Waals surface area contributed by atoms with Crippen molar-refractivity contribution in [2.45, 2.75) is 19.5 Å². The molecule has 0 radical (unpaired) electrons. The summed E-state index contributed by atoms with van der Waals surface area (Å²) in [5, 5.41) is 0. The normalized spacial score (nSPS) is 12.4. The molecule has 0 fully saturated rings. The SMILES string of the molecule is COc1ccc(C(C)N(C)Cc2cccc(N)c2)cc1. The van der Waals surface area contributed by atoms with Gasteiger partial charge in [-0.1, -0.05) is 24.3 Å². The lowest BCUT2D eigenvalue weighted by Crippen LogP contribution is -2.21. The van der Waals surface area contributed by atoms with Gasteiger partial charge in [0.25, 0.3) is 0 Å². The van der Waals surface area contributed by atoms with Gasteiger partial charge in [-0.2, -0.15) is 0 Å². The largest absolute Gasteiger partial charge is 0.497 e. The van der Waals surface area contributed by atoms with E-state index >= 15 is 0 Å². The van der Waals surface area contributed by atoms with E-state index in [-0.39, 0.29) is 0 Å². The number of hydrogen-bond acceptors (Lipinski definition) is 3. The molecule has 2 aromatic rings. The Morgan fingerprint density at radius 1 is 1.15 bits per heavy atom. The van der Waals surface area contributed by atoms with Crippen LogP contribution in [0.3, 0.4) is 0 Å². The van der Waals surface area contributed by atoms with Crippen LogP contribution < -0.4 is 10.5 Å². The van der Waals surface area contributed by atoms with Crippen LogP contribution in [0.5, 0.6) is 5.75 Å². The molecule has 106 valence electrons. The average Bonchev–Trinajstić information content (AvgIpc) is 2.46. The van der Waals surface area contributed by atoms with E-state index in [4.69, 9.17) is 10.5 Å². The van der Waals surface area contributed by atoms with Gasteiger partial charge in [0.2, 0.25) is 0 Å². The summed E-state index contributed by atoms with van der Waals surface area (Å²) in [6.45, 7) is 3.08. The highest BCUT2D eigenvalue weighted by Gasteiger charge is 2.12. The number of anilines is 1. The van der Waals surface area contributed by atoms with Gasteiger partial charge in [-0.05, 0) is 49.4 Å². The molecule has 0 amide bonds. The number of ether oxygens (including phenoxy) is 1. The zero-order valence-corrected chi connectivity index (χ0v) is 12.3. The van der Waals surface area contributed by atoms with Crippen LogP contribution in [-0.2, 0) is 6.54 Å². The first-order chi connectivity index (χ1) is 9.60. The van der Waals surface area contributed by atoms with Gasteiger partial charge in [-0.3, -0.25) is 4.90 Å². The Labute approximate surface area is 121 Å². The molecule has 3 heteroatoms. The second kappa shape index (κ2) is 6.44. The summed E-state index contributed by atoms with van der Waals surface area (Å²) in [5.41, 5.74) is 9.14. The highest BCUT2D eigenvalue weighted by Crippen LogP contribution is 2.23. The van der Waals surface area contributed by atoms with E-state index in [1.165, 1.54) is 11.1 Å². The van der Waals surface area contributed by atoms with Gasteiger partial charge >= 0.3 is 0 Å². The Balaban J connectivity index is 2.05. The fraction of sp³-hybridized carbons (Fsp3) is 0.294. The molecule has 1 unspecified atom stereocenters. The van der Waals surface area contributed by atoms with Crippen molar-refractivity contribution in [2.75, 3.05) is 19.9 Å². The van der Waals surface area contributed by atoms with Crippen molar-refractivity contribution in [3.63, 3.8) is 0 Å².